The number of imidazole rings is 1. The van der Waals surface area contributed by atoms with Crippen LogP contribution in [-0.2, 0) is 21.0 Å². The lowest BCUT2D eigenvalue weighted by atomic mass is 10.0. The summed E-state index contributed by atoms with van der Waals surface area (Å²) in [6, 6.07) is 7.88. The van der Waals surface area contributed by atoms with E-state index in [1.807, 2.05) is 31.2 Å². The summed E-state index contributed by atoms with van der Waals surface area (Å²) in [6.07, 6.45) is 3.41. The average molecular weight is 265 g/mol. The molecule has 1 atom stereocenters. The number of rotatable bonds is 5. The molecule has 4 nitrogen and oxygen atoms in total. The molecule has 0 amide bonds. The van der Waals surface area contributed by atoms with Gasteiger partial charge in [-0.05, 0) is 12.5 Å². The molecule has 0 spiro atoms. The first kappa shape index (κ1) is 12.6. The lowest BCUT2D eigenvalue weighted by Gasteiger charge is -2.23. The van der Waals surface area contributed by atoms with Crippen LogP contribution in [0.25, 0.3) is 0 Å². The number of hydrogen-bond acceptors (Lipinski definition) is 3. The molecular formula is C13H13ClN2O2. The van der Waals surface area contributed by atoms with Crippen LogP contribution in [0.2, 0.25) is 0 Å². The first-order valence-electron chi connectivity index (χ1n) is 5.49. The number of aryl methyl sites for hydroxylation is 1. The van der Waals surface area contributed by atoms with Crippen molar-refractivity contribution in [1.29, 1.82) is 0 Å². The Morgan fingerprint density at radius 1 is 1.44 bits per heavy atom. The first-order valence-corrected chi connectivity index (χ1v) is 5.86. The molecule has 1 heterocycles. The van der Waals surface area contributed by atoms with Gasteiger partial charge in [-0.2, -0.15) is 0 Å². The van der Waals surface area contributed by atoms with Crippen molar-refractivity contribution in [3.05, 3.63) is 53.6 Å². The lowest BCUT2D eigenvalue weighted by Crippen LogP contribution is -2.26. The van der Waals surface area contributed by atoms with Crippen molar-refractivity contribution in [2.75, 3.05) is 0 Å². The third kappa shape index (κ3) is 2.71. The second-order valence-corrected chi connectivity index (χ2v) is 4.68. The normalized spacial score (nSPS) is 13.9. The fraction of sp³-hybridized carbons (Fsp3) is 0.231. The van der Waals surface area contributed by atoms with Gasteiger partial charge in [-0.15, -0.1) is 0 Å². The predicted molar refractivity (Wildman–Crippen MR) is 68.2 cm³/mol. The highest BCUT2D eigenvalue weighted by atomic mass is 35.5. The molecule has 94 valence electrons. The Bertz CT molecular complexity index is 510. The molecule has 1 unspecified atom stereocenters. The van der Waals surface area contributed by atoms with E-state index in [0.717, 1.165) is 11.1 Å². The zero-order valence-corrected chi connectivity index (χ0v) is 10.6. The van der Waals surface area contributed by atoms with Crippen molar-refractivity contribution in [2.24, 2.45) is 0 Å². The minimum atomic E-state index is -1.24. The molecule has 5 heteroatoms. The number of alkyl halides is 1. The van der Waals surface area contributed by atoms with Crippen molar-refractivity contribution < 1.29 is 9.53 Å². The van der Waals surface area contributed by atoms with Crippen LogP contribution >= 0.6 is 11.6 Å². The number of nitrogens with one attached hydrogen (secondary N) is 1. The van der Waals surface area contributed by atoms with Crippen LogP contribution in [0.5, 0.6) is 0 Å². The van der Waals surface area contributed by atoms with Crippen molar-refractivity contribution in [2.45, 2.75) is 18.4 Å². The number of halogens is 1. The van der Waals surface area contributed by atoms with Gasteiger partial charge in [-0.25, -0.2) is 4.98 Å². The summed E-state index contributed by atoms with van der Waals surface area (Å²) in [5, 5.41) is -1.24. The van der Waals surface area contributed by atoms with E-state index < -0.39 is 5.06 Å². The summed E-state index contributed by atoms with van der Waals surface area (Å²) < 4.78 is 5.02. The third-order valence-corrected chi connectivity index (χ3v) is 3.11. The topological polar surface area (TPSA) is 55.0 Å². The Balaban J connectivity index is 2.26. The molecule has 18 heavy (non-hydrogen) atoms. The molecule has 2 rings (SSSR count). The average Bonchev–Trinajstić information content (AvgIpc) is 2.87. The van der Waals surface area contributed by atoms with Crippen LogP contribution < -0.4 is 0 Å². The molecular weight excluding hydrogens is 252 g/mol. The van der Waals surface area contributed by atoms with Gasteiger partial charge in [0.25, 0.3) is 6.47 Å². The van der Waals surface area contributed by atoms with Crippen molar-refractivity contribution in [3.63, 3.8) is 0 Å². The monoisotopic (exact) mass is 264 g/mol. The molecule has 0 radical (unpaired) electrons. The molecule has 0 aliphatic rings. The number of carbonyl (C=O) groups excluding carboxylic acids is 1. The first-order chi connectivity index (χ1) is 8.64. The van der Waals surface area contributed by atoms with Crippen LogP contribution in [0.3, 0.4) is 0 Å². The van der Waals surface area contributed by atoms with Crippen LogP contribution in [-0.4, -0.2) is 16.4 Å². The highest BCUT2D eigenvalue weighted by molar-refractivity contribution is 6.23. The van der Waals surface area contributed by atoms with E-state index in [2.05, 4.69) is 9.97 Å². The van der Waals surface area contributed by atoms with E-state index in [0.29, 0.717) is 18.6 Å². The maximum absolute atomic E-state index is 10.6. The van der Waals surface area contributed by atoms with Gasteiger partial charge < -0.3 is 9.72 Å². The quantitative estimate of drug-likeness (QED) is 0.667. The maximum Gasteiger partial charge on any atom is 0.295 e. The van der Waals surface area contributed by atoms with Gasteiger partial charge in [0.15, 0.2) is 0 Å². The fourth-order valence-corrected chi connectivity index (χ4v) is 2.00. The molecule has 0 bridgehead atoms. The van der Waals surface area contributed by atoms with Crippen molar-refractivity contribution in [1.82, 2.24) is 9.97 Å². The van der Waals surface area contributed by atoms with E-state index in [9.17, 15) is 4.79 Å². The zero-order valence-electron chi connectivity index (χ0n) is 9.89. The Labute approximate surface area is 110 Å². The highest BCUT2D eigenvalue weighted by Gasteiger charge is 2.33. The SMILES string of the molecule is Cc1ccc(CC(Cl)(OC=O)c2cnc[nH]2)cc1. The number of ether oxygens (including phenoxy) is 1. The number of aromatic nitrogens is 2. The Morgan fingerprint density at radius 3 is 2.72 bits per heavy atom. The number of H-pyrrole nitrogens is 1. The predicted octanol–water partition coefficient (Wildman–Crippen LogP) is 2.53. The molecule has 1 aromatic carbocycles. The third-order valence-electron chi connectivity index (χ3n) is 2.69. The second-order valence-electron chi connectivity index (χ2n) is 4.07. The lowest BCUT2D eigenvalue weighted by molar-refractivity contribution is -0.137. The molecule has 0 fully saturated rings. The molecule has 2 aromatic rings. The minimum Gasteiger partial charge on any atom is -0.439 e. The number of nitrogens with zero attached hydrogens (tertiary/aromatic N) is 1. The fourth-order valence-electron chi connectivity index (χ4n) is 1.71. The molecule has 1 aromatic heterocycles. The molecule has 0 aliphatic heterocycles. The standard InChI is InChI=1S/C13H13ClN2O2/c1-10-2-4-11(5-3-10)6-13(14,18-9-17)12-7-15-8-16-12/h2-5,7-9H,6H2,1H3,(H,15,16). The zero-order chi connectivity index (χ0) is 13.0. The van der Waals surface area contributed by atoms with E-state index in [-0.39, 0.29) is 0 Å². The van der Waals surface area contributed by atoms with Crippen molar-refractivity contribution in [3.8, 4) is 0 Å². The Kier molecular flexibility index (Phi) is 3.67. The minimum absolute atomic E-state index is 0.349. The van der Waals surface area contributed by atoms with E-state index in [4.69, 9.17) is 16.3 Å². The van der Waals surface area contributed by atoms with Gasteiger partial charge in [0, 0.05) is 6.42 Å². The number of benzene rings is 1. The second kappa shape index (κ2) is 5.23. The summed E-state index contributed by atoms with van der Waals surface area (Å²) in [5.74, 6) is 0. The molecule has 1 N–H and O–H groups in total. The van der Waals surface area contributed by atoms with E-state index in [1.54, 1.807) is 6.20 Å². The molecule has 0 saturated heterocycles. The maximum atomic E-state index is 10.6. The summed E-state index contributed by atoms with van der Waals surface area (Å²) in [4.78, 5) is 17.4. The summed E-state index contributed by atoms with van der Waals surface area (Å²) in [6.45, 7) is 2.36. The van der Waals surface area contributed by atoms with E-state index in [1.165, 1.54) is 6.33 Å². The van der Waals surface area contributed by atoms with Gasteiger partial charge in [0.1, 0.15) is 0 Å². The van der Waals surface area contributed by atoms with Gasteiger partial charge in [-0.3, -0.25) is 4.79 Å². The summed E-state index contributed by atoms with van der Waals surface area (Å²) >= 11 is 6.36. The highest BCUT2D eigenvalue weighted by Crippen LogP contribution is 2.32. The van der Waals surface area contributed by atoms with Crippen LogP contribution in [0.4, 0.5) is 0 Å². The number of aromatic amines is 1. The summed E-state index contributed by atoms with van der Waals surface area (Å²) in [5.41, 5.74) is 2.70. The molecule has 0 aliphatic carbocycles. The van der Waals surface area contributed by atoms with Gasteiger partial charge in [0.2, 0.25) is 5.06 Å². The Hall–Kier alpha value is -1.81. The summed E-state index contributed by atoms with van der Waals surface area (Å²) in [7, 11) is 0. The van der Waals surface area contributed by atoms with Gasteiger partial charge >= 0.3 is 0 Å². The van der Waals surface area contributed by atoms with E-state index >= 15 is 0 Å². The van der Waals surface area contributed by atoms with Crippen LogP contribution in [0.15, 0.2) is 36.8 Å². The molecule has 0 saturated carbocycles. The smallest absolute Gasteiger partial charge is 0.295 e. The van der Waals surface area contributed by atoms with Crippen LogP contribution in [0, 0.1) is 6.92 Å². The van der Waals surface area contributed by atoms with Gasteiger partial charge in [-0.1, -0.05) is 41.4 Å². The van der Waals surface area contributed by atoms with Crippen molar-refractivity contribution >= 4 is 18.1 Å². The number of hydrogen-bond donors (Lipinski definition) is 1. The van der Waals surface area contributed by atoms with Crippen LogP contribution in [0.1, 0.15) is 16.8 Å². The number of carbonyl (C=O) groups is 1. The Morgan fingerprint density at radius 2 is 2.17 bits per heavy atom. The largest absolute Gasteiger partial charge is 0.439 e. The van der Waals surface area contributed by atoms with Gasteiger partial charge in [0.05, 0.1) is 18.2 Å².